The summed E-state index contributed by atoms with van der Waals surface area (Å²) >= 11 is -1.91. The minimum Gasteiger partial charge on any atom is -0.870 e. The molecule has 32 heavy (non-hydrogen) atoms. The Kier molecular flexibility index (Phi) is 10.6. The van der Waals surface area contributed by atoms with E-state index in [1.165, 1.54) is 32.1 Å². The van der Waals surface area contributed by atoms with Gasteiger partial charge in [-0.05, 0) is 124 Å². The second-order valence-corrected chi connectivity index (χ2v) is 14.0. The zero-order valence-corrected chi connectivity index (χ0v) is 21.2. The van der Waals surface area contributed by atoms with Gasteiger partial charge in [0.15, 0.2) is 0 Å². The maximum absolute atomic E-state index is 11.5. The summed E-state index contributed by atoms with van der Waals surface area (Å²) in [6, 6.07) is 0. The molecule has 0 spiro atoms. The van der Waals surface area contributed by atoms with Crippen molar-refractivity contribution in [2.45, 2.75) is 87.5 Å². The van der Waals surface area contributed by atoms with Crippen molar-refractivity contribution < 1.29 is 64.9 Å². The third-order valence-corrected chi connectivity index (χ3v) is 12.0. The predicted molar refractivity (Wildman–Crippen MR) is 111 cm³/mol. The first kappa shape index (κ1) is 29.4. The SMILES string of the molecule is O=S([O-])C1CCC2CC3CC4CC5CC(S(=O)(=O)[O-])CCC5CC4CC3CC2C1.[Li+].[Li+].[OH-]. The van der Waals surface area contributed by atoms with Crippen LogP contribution in [0.4, 0.5) is 0 Å². The summed E-state index contributed by atoms with van der Waals surface area (Å²) in [7, 11) is -4.14. The van der Waals surface area contributed by atoms with Gasteiger partial charge in [-0.1, -0.05) is 11.1 Å². The molecule has 5 saturated carbocycles. The molecule has 0 saturated heterocycles. The van der Waals surface area contributed by atoms with Crippen molar-refractivity contribution in [2.24, 2.45) is 47.3 Å². The van der Waals surface area contributed by atoms with E-state index in [4.69, 9.17) is 0 Å². The molecule has 6 nitrogen and oxygen atoms in total. The Morgan fingerprint density at radius 2 is 0.969 bits per heavy atom. The van der Waals surface area contributed by atoms with Gasteiger partial charge in [0.1, 0.15) is 0 Å². The van der Waals surface area contributed by atoms with Crippen LogP contribution in [0.1, 0.15) is 77.0 Å². The quantitative estimate of drug-likeness (QED) is 0.251. The minimum absolute atomic E-state index is 0. The van der Waals surface area contributed by atoms with Gasteiger partial charge < -0.3 is 14.6 Å². The third-order valence-electron chi connectivity index (χ3n) is 9.83. The molecule has 10 heteroatoms. The van der Waals surface area contributed by atoms with Crippen molar-refractivity contribution in [2.75, 3.05) is 0 Å². The van der Waals surface area contributed by atoms with Gasteiger partial charge in [0.2, 0.25) is 0 Å². The fourth-order valence-corrected chi connectivity index (χ4v) is 10.1. The largest absolute Gasteiger partial charge is 1.00 e. The Morgan fingerprint density at radius 1 is 0.594 bits per heavy atom. The summed E-state index contributed by atoms with van der Waals surface area (Å²) in [5, 5.41) is -0.763. The number of hydrogen-bond acceptors (Lipinski definition) is 6. The summed E-state index contributed by atoms with van der Waals surface area (Å²) in [5.41, 5.74) is 0. The molecule has 0 heterocycles. The average molecular weight is 474 g/mol. The van der Waals surface area contributed by atoms with Crippen LogP contribution in [0.5, 0.6) is 0 Å². The second-order valence-electron chi connectivity index (χ2n) is 11.1. The van der Waals surface area contributed by atoms with Crippen molar-refractivity contribution in [1.82, 2.24) is 0 Å². The molecular formula is C22H35Li2O6S2-. The first-order chi connectivity index (χ1) is 13.8. The molecule has 5 fully saturated rings. The van der Waals surface area contributed by atoms with Crippen LogP contribution in [-0.4, -0.2) is 37.7 Å². The molecule has 5 aliphatic rings. The summed E-state index contributed by atoms with van der Waals surface area (Å²) in [6.07, 6.45) is 12.3. The van der Waals surface area contributed by atoms with Gasteiger partial charge >= 0.3 is 37.7 Å². The van der Waals surface area contributed by atoms with Crippen molar-refractivity contribution in [3.05, 3.63) is 0 Å². The van der Waals surface area contributed by atoms with Gasteiger partial charge in [-0.3, -0.25) is 4.21 Å². The average Bonchev–Trinajstić information content (AvgIpc) is 2.67. The molecule has 0 aromatic rings. The van der Waals surface area contributed by atoms with Crippen molar-refractivity contribution >= 4 is 21.2 Å². The predicted octanol–water partition coefficient (Wildman–Crippen LogP) is -2.34. The van der Waals surface area contributed by atoms with Crippen LogP contribution in [0.15, 0.2) is 0 Å². The topological polar surface area (TPSA) is 127 Å². The molecule has 5 aliphatic carbocycles. The van der Waals surface area contributed by atoms with E-state index in [1.807, 2.05) is 0 Å². The van der Waals surface area contributed by atoms with Crippen molar-refractivity contribution in [3.63, 3.8) is 0 Å². The molecule has 0 aromatic heterocycles. The van der Waals surface area contributed by atoms with E-state index in [2.05, 4.69) is 0 Å². The molecular weight excluding hydrogens is 438 g/mol. The van der Waals surface area contributed by atoms with E-state index < -0.39 is 26.4 Å². The van der Waals surface area contributed by atoms with Crippen LogP contribution in [-0.2, 0) is 21.2 Å². The van der Waals surface area contributed by atoms with Gasteiger partial charge in [0.25, 0.3) is 0 Å². The van der Waals surface area contributed by atoms with Crippen LogP contribution in [0, 0.1) is 47.3 Å². The van der Waals surface area contributed by atoms with E-state index in [0.29, 0.717) is 42.4 Å². The molecule has 0 amide bonds. The fraction of sp³-hybridized carbons (Fsp3) is 1.00. The van der Waals surface area contributed by atoms with Crippen LogP contribution in [0.3, 0.4) is 0 Å². The Balaban J connectivity index is 0.00000121. The third kappa shape index (κ3) is 5.93. The van der Waals surface area contributed by atoms with Crippen LogP contribution >= 0.6 is 0 Å². The van der Waals surface area contributed by atoms with E-state index in [-0.39, 0.29) is 48.4 Å². The summed E-state index contributed by atoms with van der Waals surface area (Å²) in [4.78, 5) is 0. The normalized spacial score (nSPS) is 46.3. The fourth-order valence-electron chi connectivity index (χ4n) is 8.46. The molecule has 5 rings (SSSR count). The van der Waals surface area contributed by atoms with Gasteiger partial charge in [0.05, 0.1) is 10.1 Å². The summed E-state index contributed by atoms with van der Waals surface area (Å²) in [5.74, 6) is 5.41. The van der Waals surface area contributed by atoms with E-state index >= 15 is 0 Å². The first-order valence-corrected chi connectivity index (χ1v) is 14.4. The molecule has 11 atom stereocenters. The van der Waals surface area contributed by atoms with Crippen molar-refractivity contribution in [3.8, 4) is 0 Å². The molecule has 0 aromatic carbocycles. The van der Waals surface area contributed by atoms with Crippen LogP contribution < -0.4 is 37.7 Å². The van der Waals surface area contributed by atoms with Crippen molar-refractivity contribution in [1.29, 1.82) is 0 Å². The maximum atomic E-state index is 11.5. The Bertz CT molecular complexity index is 766. The molecule has 0 bridgehead atoms. The zero-order valence-electron chi connectivity index (χ0n) is 19.6. The smallest absolute Gasteiger partial charge is 0.870 e. The van der Waals surface area contributed by atoms with E-state index in [1.54, 1.807) is 0 Å². The standard InChI is InChI=1S/C22H36O5S2.2Li.H2O/c23-28(24)21-3-1-13-5-15-8-18-10-20-12-22(29(25,26)27)4-2-14(20)6-16(18)7-17(15)9-19(13)11-21;;;/h13-22H,1-12H2,(H,23,24)(H,25,26,27);;;1H2/q;2*+1;/p-3. The van der Waals surface area contributed by atoms with E-state index in [9.17, 15) is 21.7 Å². The maximum Gasteiger partial charge on any atom is 1.00 e. The molecule has 1 N–H and O–H groups in total. The van der Waals surface area contributed by atoms with Gasteiger partial charge in [-0.15, -0.1) is 0 Å². The molecule has 0 radical (unpaired) electrons. The van der Waals surface area contributed by atoms with Gasteiger partial charge in [0, 0.05) is 10.5 Å². The number of hydrogen-bond donors (Lipinski definition) is 0. The number of rotatable bonds is 2. The first-order valence-electron chi connectivity index (χ1n) is 11.8. The second kappa shape index (κ2) is 11.5. The van der Waals surface area contributed by atoms with Gasteiger partial charge in [-0.25, -0.2) is 8.42 Å². The monoisotopic (exact) mass is 473 g/mol. The Labute approximate surface area is 219 Å². The molecule has 0 aliphatic heterocycles. The molecule has 174 valence electrons. The van der Waals surface area contributed by atoms with Crippen LogP contribution in [0.2, 0.25) is 0 Å². The minimum atomic E-state index is -4.14. The van der Waals surface area contributed by atoms with Gasteiger partial charge in [-0.2, -0.15) is 0 Å². The Hall–Kier alpha value is 1.17. The van der Waals surface area contributed by atoms with Crippen LogP contribution in [0.25, 0.3) is 0 Å². The Morgan fingerprint density at radius 3 is 1.41 bits per heavy atom. The summed E-state index contributed by atoms with van der Waals surface area (Å²) < 4.78 is 57.5. The molecule has 11 unspecified atom stereocenters. The summed E-state index contributed by atoms with van der Waals surface area (Å²) in [6.45, 7) is 0. The zero-order chi connectivity index (χ0) is 20.3. The number of fused-ring (bicyclic) bond motifs is 4. The van der Waals surface area contributed by atoms with E-state index in [0.717, 1.165) is 49.9 Å².